The predicted octanol–water partition coefficient (Wildman–Crippen LogP) is 3.15. The SMILES string of the molecule is O=C(NC[C@H]1CCCC[C@@H]1O)c1ccccc1Oc1cccnc1. The Morgan fingerprint density at radius 2 is 2.04 bits per heavy atom. The van der Waals surface area contributed by atoms with E-state index in [2.05, 4.69) is 10.3 Å². The molecule has 1 heterocycles. The van der Waals surface area contributed by atoms with Crippen molar-refractivity contribution in [1.82, 2.24) is 10.3 Å². The van der Waals surface area contributed by atoms with Crippen molar-refractivity contribution in [3.63, 3.8) is 0 Å². The Balaban J connectivity index is 1.66. The number of hydrogen-bond acceptors (Lipinski definition) is 4. The molecule has 0 bridgehead atoms. The summed E-state index contributed by atoms with van der Waals surface area (Å²) in [6, 6.07) is 10.7. The van der Waals surface area contributed by atoms with Crippen LogP contribution in [0, 0.1) is 5.92 Å². The van der Waals surface area contributed by atoms with Crippen LogP contribution in [0.15, 0.2) is 48.8 Å². The van der Waals surface area contributed by atoms with E-state index in [1.165, 1.54) is 0 Å². The molecule has 1 saturated carbocycles. The molecule has 2 aromatic rings. The van der Waals surface area contributed by atoms with Crippen molar-refractivity contribution < 1.29 is 14.6 Å². The fraction of sp³-hybridized carbons (Fsp3) is 0.368. The average molecular weight is 326 g/mol. The van der Waals surface area contributed by atoms with Crippen LogP contribution in [0.3, 0.4) is 0 Å². The third kappa shape index (κ3) is 4.11. The number of benzene rings is 1. The summed E-state index contributed by atoms with van der Waals surface area (Å²) in [5.74, 6) is 1.02. The van der Waals surface area contributed by atoms with Crippen molar-refractivity contribution in [2.75, 3.05) is 6.54 Å². The van der Waals surface area contributed by atoms with Crippen LogP contribution in [0.5, 0.6) is 11.5 Å². The molecule has 5 heteroatoms. The van der Waals surface area contributed by atoms with E-state index < -0.39 is 0 Å². The fourth-order valence-electron chi connectivity index (χ4n) is 3.02. The zero-order chi connectivity index (χ0) is 16.8. The summed E-state index contributed by atoms with van der Waals surface area (Å²) >= 11 is 0. The molecule has 126 valence electrons. The predicted molar refractivity (Wildman–Crippen MR) is 91.1 cm³/mol. The first-order valence-electron chi connectivity index (χ1n) is 8.37. The number of hydrogen-bond donors (Lipinski definition) is 2. The zero-order valence-electron chi connectivity index (χ0n) is 13.5. The number of rotatable bonds is 5. The van der Waals surface area contributed by atoms with Gasteiger partial charge in [0.05, 0.1) is 17.9 Å². The molecule has 3 rings (SSSR count). The minimum atomic E-state index is -0.319. The second kappa shape index (κ2) is 7.93. The lowest BCUT2D eigenvalue weighted by atomic mass is 9.86. The van der Waals surface area contributed by atoms with Gasteiger partial charge in [-0.2, -0.15) is 0 Å². The van der Waals surface area contributed by atoms with E-state index in [9.17, 15) is 9.90 Å². The van der Waals surface area contributed by atoms with Gasteiger partial charge in [-0.05, 0) is 37.1 Å². The smallest absolute Gasteiger partial charge is 0.255 e. The number of nitrogens with one attached hydrogen (secondary N) is 1. The van der Waals surface area contributed by atoms with Gasteiger partial charge in [-0.25, -0.2) is 0 Å². The van der Waals surface area contributed by atoms with Gasteiger partial charge in [0.25, 0.3) is 5.91 Å². The van der Waals surface area contributed by atoms with Gasteiger partial charge in [0, 0.05) is 18.7 Å². The third-order valence-corrected chi connectivity index (χ3v) is 4.39. The molecule has 2 atom stereocenters. The van der Waals surface area contributed by atoms with Gasteiger partial charge in [-0.1, -0.05) is 25.0 Å². The molecule has 1 aromatic carbocycles. The number of amides is 1. The number of carbonyl (C=O) groups is 1. The van der Waals surface area contributed by atoms with Crippen molar-refractivity contribution in [3.8, 4) is 11.5 Å². The summed E-state index contributed by atoms with van der Waals surface area (Å²) in [4.78, 5) is 16.5. The number of nitrogens with zero attached hydrogens (tertiary/aromatic N) is 1. The first kappa shape index (κ1) is 16.5. The van der Waals surface area contributed by atoms with Crippen LogP contribution in [0.2, 0.25) is 0 Å². The molecule has 1 fully saturated rings. The minimum Gasteiger partial charge on any atom is -0.455 e. The van der Waals surface area contributed by atoms with Gasteiger partial charge >= 0.3 is 0 Å². The average Bonchev–Trinajstić information content (AvgIpc) is 2.62. The van der Waals surface area contributed by atoms with Crippen molar-refractivity contribution in [2.45, 2.75) is 31.8 Å². The second-order valence-corrected chi connectivity index (χ2v) is 6.11. The molecule has 2 N–H and O–H groups in total. The summed E-state index contributed by atoms with van der Waals surface area (Å²) in [5.41, 5.74) is 0.478. The van der Waals surface area contributed by atoms with Gasteiger partial charge in [-0.15, -0.1) is 0 Å². The largest absolute Gasteiger partial charge is 0.455 e. The molecule has 0 unspecified atom stereocenters. The van der Waals surface area contributed by atoms with Crippen LogP contribution >= 0.6 is 0 Å². The molecule has 24 heavy (non-hydrogen) atoms. The van der Waals surface area contributed by atoms with Gasteiger partial charge in [0.15, 0.2) is 0 Å². The highest BCUT2D eigenvalue weighted by Gasteiger charge is 2.24. The Bertz CT molecular complexity index is 675. The molecule has 5 nitrogen and oxygen atoms in total. The summed E-state index contributed by atoms with van der Waals surface area (Å²) in [6.45, 7) is 0.487. The number of aliphatic hydroxyl groups is 1. The maximum absolute atomic E-state index is 12.5. The van der Waals surface area contributed by atoms with Crippen molar-refractivity contribution in [3.05, 3.63) is 54.4 Å². The van der Waals surface area contributed by atoms with Gasteiger partial charge in [-0.3, -0.25) is 9.78 Å². The first-order chi connectivity index (χ1) is 11.7. The molecule has 1 aliphatic rings. The van der Waals surface area contributed by atoms with Crippen molar-refractivity contribution >= 4 is 5.91 Å². The maximum atomic E-state index is 12.5. The van der Waals surface area contributed by atoms with Gasteiger partial charge in [0.1, 0.15) is 11.5 Å². The lowest BCUT2D eigenvalue weighted by Gasteiger charge is -2.27. The molecule has 0 saturated heterocycles. The molecule has 0 aliphatic heterocycles. The van der Waals surface area contributed by atoms with E-state index in [-0.39, 0.29) is 17.9 Å². The summed E-state index contributed by atoms with van der Waals surface area (Å²) in [7, 11) is 0. The van der Waals surface area contributed by atoms with E-state index in [4.69, 9.17) is 4.74 Å². The van der Waals surface area contributed by atoms with Gasteiger partial charge < -0.3 is 15.2 Å². The van der Waals surface area contributed by atoms with Crippen LogP contribution in [0.1, 0.15) is 36.0 Å². The molecule has 1 amide bonds. The molecule has 1 aromatic heterocycles. The molecule has 0 radical (unpaired) electrons. The Morgan fingerprint density at radius 3 is 2.83 bits per heavy atom. The molecular weight excluding hydrogens is 304 g/mol. The lowest BCUT2D eigenvalue weighted by Crippen LogP contribution is -2.36. The number of aromatic nitrogens is 1. The van der Waals surface area contributed by atoms with Crippen LogP contribution < -0.4 is 10.1 Å². The Morgan fingerprint density at radius 1 is 1.21 bits per heavy atom. The van der Waals surface area contributed by atoms with Crippen LogP contribution in [0.25, 0.3) is 0 Å². The second-order valence-electron chi connectivity index (χ2n) is 6.11. The number of ether oxygens (including phenoxy) is 1. The Hall–Kier alpha value is -2.40. The molecule has 0 spiro atoms. The highest BCUT2D eigenvalue weighted by molar-refractivity contribution is 5.97. The van der Waals surface area contributed by atoms with Crippen molar-refractivity contribution in [1.29, 1.82) is 0 Å². The van der Waals surface area contributed by atoms with Crippen LogP contribution in [0.4, 0.5) is 0 Å². The number of para-hydroxylation sites is 1. The quantitative estimate of drug-likeness (QED) is 0.885. The normalized spacial score (nSPS) is 20.4. The summed E-state index contributed by atoms with van der Waals surface area (Å²) in [6.07, 6.45) is 6.90. The fourth-order valence-corrected chi connectivity index (χ4v) is 3.02. The molecular formula is C19H22N2O3. The maximum Gasteiger partial charge on any atom is 0.255 e. The van der Waals surface area contributed by atoms with E-state index in [1.807, 2.05) is 6.07 Å². The minimum absolute atomic E-state index is 0.133. The number of carbonyl (C=O) groups excluding carboxylic acids is 1. The Labute approximate surface area is 141 Å². The summed E-state index contributed by atoms with van der Waals surface area (Å²) < 4.78 is 5.77. The highest BCUT2D eigenvalue weighted by atomic mass is 16.5. The van der Waals surface area contributed by atoms with Crippen LogP contribution in [-0.4, -0.2) is 28.6 Å². The monoisotopic (exact) mass is 326 g/mol. The van der Waals surface area contributed by atoms with E-state index in [0.717, 1.165) is 25.7 Å². The Kier molecular flexibility index (Phi) is 5.43. The summed E-state index contributed by atoms with van der Waals surface area (Å²) in [5, 5.41) is 12.9. The first-order valence-corrected chi connectivity index (χ1v) is 8.37. The third-order valence-electron chi connectivity index (χ3n) is 4.39. The number of aliphatic hydroxyl groups excluding tert-OH is 1. The van der Waals surface area contributed by atoms with Crippen molar-refractivity contribution in [2.24, 2.45) is 5.92 Å². The topological polar surface area (TPSA) is 71.5 Å². The van der Waals surface area contributed by atoms with E-state index in [0.29, 0.717) is 23.6 Å². The van der Waals surface area contributed by atoms with Crippen LogP contribution in [-0.2, 0) is 0 Å². The highest BCUT2D eigenvalue weighted by Crippen LogP contribution is 2.26. The van der Waals surface area contributed by atoms with E-state index in [1.54, 1.807) is 42.7 Å². The van der Waals surface area contributed by atoms with E-state index >= 15 is 0 Å². The number of pyridine rings is 1. The van der Waals surface area contributed by atoms with Gasteiger partial charge in [0.2, 0.25) is 0 Å². The standard InChI is InChI=1S/C19H22N2O3/c22-17-9-3-1-6-14(17)12-21-19(23)16-8-2-4-10-18(16)24-15-7-5-11-20-13-15/h2,4-5,7-8,10-11,13-14,17,22H,1,3,6,9,12H2,(H,21,23)/t14-,17+/m1/s1. The molecule has 1 aliphatic carbocycles. The zero-order valence-corrected chi connectivity index (χ0v) is 13.5. The lowest BCUT2D eigenvalue weighted by molar-refractivity contribution is 0.0662.